The highest BCUT2D eigenvalue weighted by Gasteiger charge is 2.12. The Balaban J connectivity index is 2.51. The largest absolute Gasteiger partial charge is 0.357 e. The number of nitriles is 1. The van der Waals surface area contributed by atoms with Gasteiger partial charge in [-0.15, -0.1) is 0 Å². The molecule has 2 nitrogen and oxygen atoms in total. The number of hydrogen-bond acceptors (Lipinski definition) is 1. The lowest BCUT2D eigenvalue weighted by Gasteiger charge is -2.02. The molecular weight excluding hydrogens is 232 g/mol. The molecule has 0 atom stereocenters. The van der Waals surface area contributed by atoms with Crippen molar-refractivity contribution >= 4 is 11.6 Å². The molecule has 0 bridgehead atoms. The van der Waals surface area contributed by atoms with Crippen LogP contribution in [0.4, 0.5) is 0 Å². The summed E-state index contributed by atoms with van der Waals surface area (Å²) in [6, 6.07) is 11.7. The third kappa shape index (κ3) is 2.35. The van der Waals surface area contributed by atoms with E-state index in [4.69, 9.17) is 16.9 Å². The number of nitrogens with one attached hydrogen (secondary N) is 1. The number of aromatic nitrogens is 1. The van der Waals surface area contributed by atoms with Crippen molar-refractivity contribution in [2.45, 2.75) is 19.8 Å². The third-order valence-electron chi connectivity index (χ3n) is 2.68. The van der Waals surface area contributed by atoms with Crippen LogP contribution in [0.2, 0.25) is 5.02 Å². The molecule has 0 saturated carbocycles. The average Bonchev–Trinajstić information content (AvgIpc) is 2.73. The number of nitrogens with zero attached hydrogens (tertiary/aromatic N) is 1. The summed E-state index contributed by atoms with van der Waals surface area (Å²) in [5, 5.41) is 9.78. The zero-order valence-corrected chi connectivity index (χ0v) is 10.5. The van der Waals surface area contributed by atoms with Gasteiger partial charge in [0.1, 0.15) is 6.07 Å². The van der Waals surface area contributed by atoms with Gasteiger partial charge < -0.3 is 4.98 Å². The molecule has 0 aliphatic carbocycles. The first-order valence-electron chi connectivity index (χ1n) is 5.50. The zero-order valence-electron chi connectivity index (χ0n) is 9.79. The highest BCUT2D eigenvalue weighted by molar-refractivity contribution is 6.30. The first-order chi connectivity index (χ1) is 8.11. The van der Waals surface area contributed by atoms with E-state index in [0.29, 0.717) is 16.5 Å². The van der Waals surface area contributed by atoms with Gasteiger partial charge in [0.2, 0.25) is 0 Å². The summed E-state index contributed by atoms with van der Waals surface area (Å²) >= 11 is 5.96. The molecule has 1 aromatic carbocycles. The van der Waals surface area contributed by atoms with E-state index in [0.717, 1.165) is 17.0 Å². The van der Waals surface area contributed by atoms with Crippen molar-refractivity contribution in [3.63, 3.8) is 0 Å². The van der Waals surface area contributed by atoms with Gasteiger partial charge in [-0.1, -0.05) is 37.6 Å². The molecule has 17 heavy (non-hydrogen) atoms. The summed E-state index contributed by atoms with van der Waals surface area (Å²) in [4.78, 5) is 3.29. The summed E-state index contributed by atoms with van der Waals surface area (Å²) < 4.78 is 0. The fourth-order valence-corrected chi connectivity index (χ4v) is 2.02. The molecule has 3 heteroatoms. The van der Waals surface area contributed by atoms with Gasteiger partial charge in [0.15, 0.2) is 0 Å². The Morgan fingerprint density at radius 2 is 2.06 bits per heavy atom. The minimum atomic E-state index is 0.303. The van der Waals surface area contributed by atoms with E-state index < -0.39 is 0 Å². The molecule has 0 fully saturated rings. The van der Waals surface area contributed by atoms with Gasteiger partial charge in [0.05, 0.1) is 5.56 Å². The maximum Gasteiger partial charge on any atom is 0.101 e. The van der Waals surface area contributed by atoms with Crippen LogP contribution in [0.3, 0.4) is 0 Å². The molecule has 2 aromatic rings. The highest BCUT2D eigenvalue weighted by atomic mass is 35.5. The van der Waals surface area contributed by atoms with Gasteiger partial charge >= 0.3 is 0 Å². The SMILES string of the molecule is CC(C)c1[nH]c(-c2cccc(Cl)c2)cc1C#N. The van der Waals surface area contributed by atoms with Crippen molar-refractivity contribution in [2.75, 3.05) is 0 Å². The lowest BCUT2D eigenvalue weighted by molar-refractivity contribution is 0.830. The van der Waals surface area contributed by atoms with E-state index in [1.54, 1.807) is 0 Å². The monoisotopic (exact) mass is 244 g/mol. The van der Waals surface area contributed by atoms with Gasteiger partial charge in [-0.25, -0.2) is 0 Å². The Morgan fingerprint density at radius 3 is 2.59 bits per heavy atom. The van der Waals surface area contributed by atoms with E-state index in [1.165, 1.54) is 0 Å². The second kappa shape index (κ2) is 4.65. The van der Waals surface area contributed by atoms with Gasteiger partial charge in [-0.05, 0) is 29.7 Å². The molecule has 0 aliphatic rings. The van der Waals surface area contributed by atoms with Crippen LogP contribution in [0.15, 0.2) is 30.3 Å². The normalized spacial score (nSPS) is 10.5. The number of halogens is 1. The molecular formula is C14H13ClN2. The van der Waals surface area contributed by atoms with Crippen LogP contribution in [-0.2, 0) is 0 Å². The van der Waals surface area contributed by atoms with Crippen LogP contribution < -0.4 is 0 Å². The predicted octanol–water partition coefficient (Wildman–Crippen LogP) is 4.33. The Hall–Kier alpha value is -1.72. The van der Waals surface area contributed by atoms with Gasteiger partial charge in [0, 0.05) is 16.4 Å². The van der Waals surface area contributed by atoms with Gasteiger partial charge in [0.25, 0.3) is 0 Å². The quantitative estimate of drug-likeness (QED) is 0.839. The van der Waals surface area contributed by atoms with Crippen LogP contribution in [0.25, 0.3) is 11.3 Å². The van der Waals surface area contributed by atoms with E-state index in [9.17, 15) is 0 Å². The second-order valence-electron chi connectivity index (χ2n) is 4.29. The Morgan fingerprint density at radius 1 is 1.29 bits per heavy atom. The fourth-order valence-electron chi connectivity index (χ4n) is 1.83. The molecule has 2 rings (SSSR count). The van der Waals surface area contributed by atoms with Crippen molar-refractivity contribution in [1.82, 2.24) is 4.98 Å². The molecule has 0 amide bonds. The fraction of sp³-hybridized carbons (Fsp3) is 0.214. The highest BCUT2D eigenvalue weighted by Crippen LogP contribution is 2.27. The number of rotatable bonds is 2. The minimum absolute atomic E-state index is 0.303. The predicted molar refractivity (Wildman–Crippen MR) is 70.0 cm³/mol. The summed E-state index contributed by atoms with van der Waals surface area (Å²) in [5.41, 5.74) is 3.62. The summed E-state index contributed by atoms with van der Waals surface area (Å²) in [5.74, 6) is 0.303. The lowest BCUT2D eigenvalue weighted by Crippen LogP contribution is -1.90. The van der Waals surface area contributed by atoms with Crippen molar-refractivity contribution in [1.29, 1.82) is 5.26 Å². The first kappa shape index (κ1) is 11.8. The minimum Gasteiger partial charge on any atom is -0.357 e. The molecule has 0 radical (unpaired) electrons. The summed E-state index contributed by atoms with van der Waals surface area (Å²) in [7, 11) is 0. The molecule has 1 heterocycles. The molecule has 1 aromatic heterocycles. The zero-order chi connectivity index (χ0) is 12.4. The molecule has 86 valence electrons. The van der Waals surface area contributed by atoms with E-state index >= 15 is 0 Å². The topological polar surface area (TPSA) is 39.6 Å². The Labute approximate surface area is 106 Å². The summed E-state index contributed by atoms with van der Waals surface area (Å²) in [6.07, 6.45) is 0. The van der Waals surface area contributed by atoms with Crippen molar-refractivity contribution in [3.8, 4) is 17.3 Å². The van der Waals surface area contributed by atoms with Crippen molar-refractivity contribution in [3.05, 3.63) is 46.6 Å². The Bertz CT molecular complexity index is 576. The molecule has 0 saturated heterocycles. The maximum absolute atomic E-state index is 9.09. The number of H-pyrrole nitrogens is 1. The standard InChI is InChI=1S/C14H13ClN2/c1-9(2)14-11(8-16)7-13(17-14)10-4-3-5-12(15)6-10/h3-7,9,17H,1-2H3. The van der Waals surface area contributed by atoms with E-state index in [1.807, 2.05) is 30.3 Å². The van der Waals surface area contributed by atoms with Gasteiger partial charge in [-0.3, -0.25) is 0 Å². The van der Waals surface area contributed by atoms with Crippen LogP contribution in [0.5, 0.6) is 0 Å². The van der Waals surface area contributed by atoms with Crippen LogP contribution >= 0.6 is 11.6 Å². The second-order valence-corrected chi connectivity index (χ2v) is 4.72. The maximum atomic E-state index is 9.09. The molecule has 0 aliphatic heterocycles. The smallest absolute Gasteiger partial charge is 0.101 e. The third-order valence-corrected chi connectivity index (χ3v) is 2.92. The molecule has 0 unspecified atom stereocenters. The van der Waals surface area contributed by atoms with Crippen LogP contribution in [-0.4, -0.2) is 4.98 Å². The molecule has 0 spiro atoms. The Kier molecular flexibility index (Phi) is 3.21. The first-order valence-corrected chi connectivity index (χ1v) is 5.88. The van der Waals surface area contributed by atoms with Crippen LogP contribution in [0, 0.1) is 11.3 Å². The van der Waals surface area contributed by atoms with Gasteiger partial charge in [-0.2, -0.15) is 5.26 Å². The molecule has 1 N–H and O–H groups in total. The van der Waals surface area contributed by atoms with E-state index in [-0.39, 0.29) is 0 Å². The number of benzene rings is 1. The average molecular weight is 245 g/mol. The number of hydrogen-bond donors (Lipinski definition) is 1. The van der Waals surface area contributed by atoms with Crippen LogP contribution in [0.1, 0.15) is 31.0 Å². The van der Waals surface area contributed by atoms with Crippen molar-refractivity contribution < 1.29 is 0 Å². The van der Waals surface area contributed by atoms with E-state index in [2.05, 4.69) is 24.9 Å². The summed E-state index contributed by atoms with van der Waals surface area (Å²) in [6.45, 7) is 4.13. The number of aromatic amines is 1. The van der Waals surface area contributed by atoms with Crippen molar-refractivity contribution in [2.24, 2.45) is 0 Å². The lowest BCUT2D eigenvalue weighted by atomic mass is 10.1.